The van der Waals surface area contributed by atoms with Gasteiger partial charge in [0.15, 0.2) is 0 Å². The first kappa shape index (κ1) is 37.0. The minimum absolute atomic E-state index is 0.0281. The molecule has 1 saturated heterocycles. The number of fused-ring (bicyclic) bond motifs is 3. The Kier molecular flexibility index (Phi) is 6.99. The maximum absolute atomic E-state index is 3.11. The molecular weight excluding hydrogens is 746 g/mol. The van der Waals surface area contributed by atoms with Gasteiger partial charge in [-0.1, -0.05) is 94.0 Å². The van der Waals surface area contributed by atoms with Crippen LogP contribution in [-0.2, 0) is 10.8 Å². The fourth-order valence-electron chi connectivity index (χ4n) is 16.6. The van der Waals surface area contributed by atoms with Gasteiger partial charge in [0.2, 0.25) is 6.71 Å². The molecule has 60 heavy (non-hydrogen) atoms. The zero-order chi connectivity index (χ0) is 41.1. The van der Waals surface area contributed by atoms with Crippen LogP contribution in [0.2, 0.25) is 0 Å². The lowest BCUT2D eigenvalue weighted by atomic mass is 9.28. The van der Waals surface area contributed by atoms with E-state index < -0.39 is 10.0 Å². The van der Waals surface area contributed by atoms with Crippen LogP contribution in [-0.4, -0.2) is 39.8 Å². The van der Waals surface area contributed by atoms with Crippen LogP contribution in [0.4, 0.5) is 28.4 Å². The molecule has 0 aromatic heterocycles. The molecule has 5 heteroatoms. The van der Waals surface area contributed by atoms with Crippen LogP contribution in [0, 0.1) is 17.8 Å². The predicted octanol–water partition coefficient (Wildman–Crippen LogP) is 13.1. The molecule has 4 bridgehead atoms. The van der Waals surface area contributed by atoms with Crippen LogP contribution >= 0.6 is 10.0 Å². The summed E-state index contributed by atoms with van der Waals surface area (Å²) in [5, 5.41) is 0. The number of rotatable bonds is 3. The van der Waals surface area contributed by atoms with Crippen molar-refractivity contribution >= 4 is 50.6 Å². The number of nitrogens with zero attached hydrogens (tertiary/aromatic N) is 3. The highest BCUT2D eigenvalue weighted by atomic mass is 32.3. The van der Waals surface area contributed by atoms with Crippen LogP contribution in [0.15, 0.2) is 107 Å². The van der Waals surface area contributed by atoms with Gasteiger partial charge in [0, 0.05) is 60.3 Å². The van der Waals surface area contributed by atoms with Gasteiger partial charge in [-0.25, -0.2) is 10.0 Å². The second-order valence-electron chi connectivity index (χ2n) is 23.8. The van der Waals surface area contributed by atoms with Crippen LogP contribution < -0.4 is 20.2 Å². The number of benzene rings is 3. The topological polar surface area (TPSA) is 9.72 Å². The Hall–Kier alpha value is -3.57. The summed E-state index contributed by atoms with van der Waals surface area (Å²) < 4.78 is 0.220. The maximum atomic E-state index is 3.11. The number of hydrogen-bond donors (Lipinski definition) is 0. The van der Waals surface area contributed by atoms with E-state index >= 15 is 0 Å². The molecule has 11 aliphatic rings. The molecule has 0 N–H and O–H groups in total. The van der Waals surface area contributed by atoms with Crippen molar-refractivity contribution in [3.63, 3.8) is 0 Å². The Bertz CT molecular complexity index is 2550. The first-order valence-corrected chi connectivity index (χ1v) is 26.3. The SMILES string of the molecule is CC(C)(C)c1ccc2c(c1)C1(C)CCCCC1(C)N2c1cc2c3c(c1)N(C14CC5CC(C1)C(C5)C4)C1=C4B3C3=C(C=CCC3(C)S(C)(C)C4(C)CC=C1)N2c1ccccc1. The van der Waals surface area contributed by atoms with E-state index in [1.165, 1.54) is 91.8 Å². The molecule has 6 fully saturated rings. The van der Waals surface area contributed by atoms with Crippen LogP contribution in [0.25, 0.3) is 0 Å². The standard InChI is InChI=1S/C55H66BN3S/c1-50(2,3)38-21-22-42-41(29-38)51(4)23-13-14-26-54(51,7)58(42)40-30-45-47-46(31-40)59(55-32-35-27-36(33-55)37(28-35)34-55)44-20-16-25-53(6)49(44)56(47)48-43(57(45)39-17-11-10-12-18-39)19-15-24-52(48,5)60(53,8)9/h10-12,15-22,29-31,35-37H,13-14,23-28,32-34H2,1-9H3. The third kappa shape index (κ3) is 4.11. The summed E-state index contributed by atoms with van der Waals surface area (Å²) in [5.41, 5.74) is 18.7. The zero-order valence-electron chi connectivity index (χ0n) is 37.9. The predicted molar refractivity (Wildman–Crippen MR) is 258 cm³/mol. The largest absolute Gasteiger partial charge is 0.336 e. The molecule has 5 saturated carbocycles. The molecule has 0 radical (unpaired) electrons. The molecular formula is C55H66BN3S. The minimum atomic E-state index is -1.19. The number of allylic oxidation sites excluding steroid dienone is 4. The number of hydrogen-bond acceptors (Lipinski definition) is 3. The smallest absolute Gasteiger partial charge is 0.246 e. The Balaban J connectivity index is 1.15. The molecule has 7 aliphatic carbocycles. The lowest BCUT2D eigenvalue weighted by Gasteiger charge is -2.70. The normalized spacial score (nSPS) is 38.8. The van der Waals surface area contributed by atoms with E-state index in [-0.39, 0.29) is 31.4 Å². The summed E-state index contributed by atoms with van der Waals surface area (Å²) in [7, 11) is -1.19. The van der Waals surface area contributed by atoms with Crippen molar-refractivity contribution < 1.29 is 0 Å². The Labute approximate surface area is 362 Å². The fraction of sp³-hybridized carbons (Fsp3) is 0.527. The van der Waals surface area contributed by atoms with Gasteiger partial charge in [-0.05, 0) is 173 Å². The van der Waals surface area contributed by atoms with Gasteiger partial charge in [0.05, 0.1) is 5.54 Å². The van der Waals surface area contributed by atoms with E-state index in [1.54, 1.807) is 33.4 Å². The van der Waals surface area contributed by atoms with Gasteiger partial charge >= 0.3 is 0 Å². The Morgan fingerprint density at radius 1 is 0.683 bits per heavy atom. The average molecular weight is 812 g/mol. The van der Waals surface area contributed by atoms with Gasteiger partial charge < -0.3 is 14.7 Å². The van der Waals surface area contributed by atoms with E-state index in [0.717, 1.165) is 30.6 Å². The van der Waals surface area contributed by atoms with Crippen molar-refractivity contribution in [2.75, 3.05) is 27.2 Å². The first-order valence-electron chi connectivity index (χ1n) is 23.9. The van der Waals surface area contributed by atoms with Crippen molar-refractivity contribution in [1.29, 1.82) is 0 Å². The van der Waals surface area contributed by atoms with Crippen molar-refractivity contribution in [2.45, 2.75) is 150 Å². The number of para-hydroxylation sites is 1. The molecule has 3 aromatic rings. The monoisotopic (exact) mass is 812 g/mol. The summed E-state index contributed by atoms with van der Waals surface area (Å²) in [5.74, 6) is 2.66. The van der Waals surface area contributed by atoms with E-state index in [1.807, 2.05) is 0 Å². The van der Waals surface area contributed by atoms with E-state index in [4.69, 9.17) is 0 Å². The van der Waals surface area contributed by atoms with Crippen molar-refractivity contribution in [1.82, 2.24) is 0 Å². The maximum Gasteiger partial charge on any atom is 0.246 e. The van der Waals surface area contributed by atoms with Gasteiger partial charge in [-0.15, -0.1) is 0 Å². The van der Waals surface area contributed by atoms with Gasteiger partial charge in [0.25, 0.3) is 0 Å². The quantitative estimate of drug-likeness (QED) is 0.244. The summed E-state index contributed by atoms with van der Waals surface area (Å²) in [4.78, 5) is 8.78. The molecule has 4 heterocycles. The third-order valence-corrected chi connectivity index (χ3v) is 25.3. The van der Waals surface area contributed by atoms with E-state index in [9.17, 15) is 0 Å². The molecule has 0 amide bonds. The van der Waals surface area contributed by atoms with E-state index in [2.05, 4.69) is 161 Å². The highest BCUT2D eigenvalue weighted by Gasteiger charge is 2.68. The van der Waals surface area contributed by atoms with Crippen LogP contribution in [0.3, 0.4) is 0 Å². The third-order valence-electron chi connectivity index (χ3n) is 20.1. The van der Waals surface area contributed by atoms with Gasteiger partial charge in [0.1, 0.15) is 0 Å². The Morgan fingerprint density at radius 3 is 2.02 bits per heavy atom. The fourth-order valence-corrected chi connectivity index (χ4v) is 20.2. The summed E-state index contributed by atoms with van der Waals surface area (Å²) in [6.45, 7) is 18.2. The second kappa shape index (κ2) is 11.3. The first-order chi connectivity index (χ1) is 28.5. The highest BCUT2D eigenvalue weighted by molar-refractivity contribution is 8.35. The average Bonchev–Trinajstić information content (AvgIpc) is 3.72. The molecule has 3 aromatic carbocycles. The van der Waals surface area contributed by atoms with Crippen molar-refractivity contribution in [3.8, 4) is 0 Å². The summed E-state index contributed by atoms with van der Waals surface area (Å²) in [6, 6.07) is 24.7. The zero-order valence-corrected chi connectivity index (χ0v) is 38.7. The molecule has 310 valence electrons. The summed E-state index contributed by atoms with van der Waals surface area (Å²) >= 11 is 0. The van der Waals surface area contributed by atoms with E-state index in [0.29, 0.717) is 6.71 Å². The summed E-state index contributed by atoms with van der Waals surface area (Å²) in [6.07, 6.45) is 30.3. The number of anilines is 5. The highest BCUT2D eigenvalue weighted by Crippen LogP contribution is 2.77. The molecule has 14 rings (SSSR count). The lowest BCUT2D eigenvalue weighted by molar-refractivity contribution is 0.194. The molecule has 0 spiro atoms. The van der Waals surface area contributed by atoms with Crippen molar-refractivity contribution in [2.24, 2.45) is 17.8 Å². The van der Waals surface area contributed by atoms with Crippen molar-refractivity contribution in [3.05, 3.63) is 118 Å². The molecule has 6 atom stereocenters. The molecule has 6 unspecified atom stereocenters. The van der Waals surface area contributed by atoms with Gasteiger partial charge in [-0.2, -0.15) is 0 Å². The van der Waals surface area contributed by atoms with Crippen LogP contribution in [0.1, 0.15) is 130 Å². The molecule has 3 nitrogen and oxygen atoms in total. The van der Waals surface area contributed by atoms with Crippen LogP contribution in [0.5, 0.6) is 0 Å². The molecule has 4 aliphatic heterocycles. The second-order valence-corrected chi connectivity index (χ2v) is 28.2. The lowest BCUT2D eigenvalue weighted by Crippen LogP contribution is -2.68. The Morgan fingerprint density at radius 2 is 1.33 bits per heavy atom. The van der Waals surface area contributed by atoms with Gasteiger partial charge in [-0.3, -0.25) is 0 Å². The minimum Gasteiger partial charge on any atom is -0.336 e.